The lowest BCUT2D eigenvalue weighted by Crippen LogP contribution is -2.18. The Balaban J connectivity index is 0. The second-order valence-corrected chi connectivity index (χ2v) is 2.02. The van der Waals surface area contributed by atoms with Crippen molar-refractivity contribution < 1.29 is 13.6 Å². The van der Waals surface area contributed by atoms with Gasteiger partial charge in [-0.3, -0.25) is 0 Å². The van der Waals surface area contributed by atoms with E-state index in [0.717, 1.165) is 6.29 Å². The monoisotopic (exact) mass is 181 g/mol. The van der Waals surface area contributed by atoms with Gasteiger partial charge in [-0.2, -0.15) is 0 Å². The zero-order chi connectivity index (χ0) is 10.0. The van der Waals surface area contributed by atoms with Gasteiger partial charge in [-0.15, -0.1) is 0 Å². The summed E-state index contributed by atoms with van der Waals surface area (Å²) in [4.78, 5) is 8.81. The van der Waals surface area contributed by atoms with Crippen LogP contribution >= 0.6 is 0 Å². The van der Waals surface area contributed by atoms with Crippen LogP contribution in [0.25, 0.3) is 0 Å². The predicted molar refractivity (Wildman–Crippen MR) is 45.5 cm³/mol. The van der Waals surface area contributed by atoms with Gasteiger partial charge in [0.1, 0.15) is 6.29 Å². The highest BCUT2D eigenvalue weighted by Gasteiger charge is 2.32. The minimum Gasteiger partial charge on any atom is -0.311 e. The van der Waals surface area contributed by atoms with Gasteiger partial charge in [0.05, 0.1) is 6.54 Å². The maximum absolute atomic E-state index is 11.9. The molecule has 0 aliphatic carbocycles. The Labute approximate surface area is 72.3 Å². The summed E-state index contributed by atoms with van der Waals surface area (Å²) in [6.45, 7) is 5.78. The zero-order valence-corrected chi connectivity index (χ0v) is 7.86. The fourth-order valence-electron chi connectivity index (χ4n) is 0.631. The van der Waals surface area contributed by atoms with Gasteiger partial charge in [0.25, 0.3) is 5.92 Å². The van der Waals surface area contributed by atoms with Crippen LogP contribution in [0.3, 0.4) is 0 Å². The fraction of sp³-hybridized carbons (Fsp3) is 0.875. The second kappa shape index (κ2) is 8.59. The van der Waals surface area contributed by atoms with E-state index in [9.17, 15) is 8.78 Å². The van der Waals surface area contributed by atoms with E-state index >= 15 is 0 Å². The van der Waals surface area contributed by atoms with Gasteiger partial charge in [0.15, 0.2) is 0 Å². The van der Waals surface area contributed by atoms with Crippen LogP contribution in [0.2, 0.25) is 0 Å². The van der Waals surface area contributed by atoms with Crippen molar-refractivity contribution in [1.29, 1.82) is 0 Å². The van der Waals surface area contributed by atoms with Crippen molar-refractivity contribution in [3.63, 3.8) is 0 Å². The maximum atomic E-state index is 11.9. The third-order valence-electron chi connectivity index (χ3n) is 1.05. The Kier molecular flexibility index (Phi) is 10.0. The lowest BCUT2D eigenvalue weighted by Gasteiger charge is -2.02. The van der Waals surface area contributed by atoms with E-state index in [1.54, 1.807) is 0 Å². The molecule has 12 heavy (non-hydrogen) atoms. The molecule has 0 atom stereocenters. The standard InChI is InChI=1S/C4H7F2N.C2H4O.C2H6/c5-4(6)1-2-7-3-4;1-2-3;1-2/h7H,1-3H2;2H,1H3;1-2H3. The molecule has 4 heteroatoms. The van der Waals surface area contributed by atoms with Crippen LogP contribution in [0.1, 0.15) is 27.2 Å². The molecule has 1 aliphatic heterocycles. The van der Waals surface area contributed by atoms with Crippen molar-refractivity contribution in [2.24, 2.45) is 0 Å². The number of halogens is 2. The van der Waals surface area contributed by atoms with E-state index in [0.29, 0.717) is 6.54 Å². The zero-order valence-electron chi connectivity index (χ0n) is 7.86. The van der Waals surface area contributed by atoms with E-state index in [-0.39, 0.29) is 13.0 Å². The number of carbonyl (C=O) groups excluding carboxylic acids is 1. The Morgan fingerprint density at radius 1 is 1.42 bits per heavy atom. The maximum Gasteiger partial charge on any atom is 0.261 e. The molecule has 0 aromatic heterocycles. The lowest BCUT2D eigenvalue weighted by molar-refractivity contribution is -0.106. The Hall–Kier alpha value is -0.510. The lowest BCUT2D eigenvalue weighted by atomic mass is 10.3. The van der Waals surface area contributed by atoms with Crippen molar-refractivity contribution in [1.82, 2.24) is 5.32 Å². The average Bonchev–Trinajstić information content (AvgIpc) is 2.40. The van der Waals surface area contributed by atoms with Crippen LogP contribution in [0.5, 0.6) is 0 Å². The Morgan fingerprint density at radius 3 is 1.92 bits per heavy atom. The molecule has 1 heterocycles. The fourth-order valence-corrected chi connectivity index (χ4v) is 0.631. The molecule has 1 N–H and O–H groups in total. The summed E-state index contributed by atoms with van der Waals surface area (Å²) in [6.07, 6.45) is 0.757. The molecule has 1 aliphatic rings. The van der Waals surface area contributed by atoms with Crippen LogP contribution < -0.4 is 5.32 Å². The summed E-state index contributed by atoms with van der Waals surface area (Å²) in [6, 6.07) is 0. The molecule has 0 bridgehead atoms. The minimum absolute atomic E-state index is 0.00694. The molecule has 1 saturated heterocycles. The predicted octanol–water partition coefficient (Wildman–Crippen LogP) is 1.85. The van der Waals surface area contributed by atoms with E-state index in [2.05, 4.69) is 5.32 Å². The molecule has 1 rings (SSSR count). The number of rotatable bonds is 0. The highest BCUT2D eigenvalue weighted by atomic mass is 19.3. The van der Waals surface area contributed by atoms with E-state index in [4.69, 9.17) is 4.79 Å². The summed E-state index contributed by atoms with van der Waals surface area (Å²) in [5, 5.41) is 2.56. The third kappa shape index (κ3) is 9.49. The van der Waals surface area contributed by atoms with Gasteiger partial charge in [0.2, 0.25) is 0 Å². The van der Waals surface area contributed by atoms with Crippen LogP contribution in [-0.2, 0) is 4.79 Å². The molecular weight excluding hydrogens is 164 g/mol. The van der Waals surface area contributed by atoms with Gasteiger partial charge in [-0.25, -0.2) is 8.78 Å². The summed E-state index contributed by atoms with van der Waals surface area (Å²) >= 11 is 0. The van der Waals surface area contributed by atoms with E-state index in [1.807, 2.05) is 13.8 Å². The molecule has 0 saturated carbocycles. The molecule has 0 radical (unpaired) electrons. The molecule has 0 unspecified atom stereocenters. The van der Waals surface area contributed by atoms with Crippen molar-refractivity contribution in [3.8, 4) is 0 Å². The van der Waals surface area contributed by atoms with Gasteiger partial charge in [-0.1, -0.05) is 13.8 Å². The summed E-state index contributed by atoms with van der Waals surface area (Å²) in [5.74, 6) is -2.42. The minimum atomic E-state index is -2.42. The molecule has 2 nitrogen and oxygen atoms in total. The van der Waals surface area contributed by atoms with Crippen molar-refractivity contribution in [3.05, 3.63) is 0 Å². The first-order chi connectivity index (χ1) is 5.62. The number of nitrogens with one attached hydrogen (secondary N) is 1. The largest absolute Gasteiger partial charge is 0.311 e. The first-order valence-corrected chi connectivity index (χ1v) is 4.11. The van der Waals surface area contributed by atoms with Crippen LogP contribution in [0.4, 0.5) is 8.78 Å². The second-order valence-electron chi connectivity index (χ2n) is 2.02. The normalized spacial score (nSPS) is 18.1. The van der Waals surface area contributed by atoms with Crippen LogP contribution in [-0.4, -0.2) is 25.3 Å². The topological polar surface area (TPSA) is 29.1 Å². The number of hydrogen-bond acceptors (Lipinski definition) is 2. The van der Waals surface area contributed by atoms with Gasteiger partial charge < -0.3 is 10.1 Å². The number of carbonyl (C=O) groups is 1. The summed E-state index contributed by atoms with van der Waals surface area (Å²) < 4.78 is 23.8. The van der Waals surface area contributed by atoms with Gasteiger partial charge in [0, 0.05) is 13.0 Å². The first-order valence-electron chi connectivity index (χ1n) is 4.11. The summed E-state index contributed by atoms with van der Waals surface area (Å²) in [7, 11) is 0. The number of alkyl halides is 2. The van der Waals surface area contributed by atoms with Gasteiger partial charge in [-0.05, 0) is 6.92 Å². The Bertz CT molecular complexity index is 99.2. The van der Waals surface area contributed by atoms with Crippen LogP contribution in [0.15, 0.2) is 0 Å². The molecule has 0 aromatic carbocycles. The highest BCUT2D eigenvalue weighted by Crippen LogP contribution is 2.19. The molecule has 0 aromatic rings. The first kappa shape index (κ1) is 14.0. The molecule has 74 valence electrons. The highest BCUT2D eigenvalue weighted by molar-refractivity contribution is 5.44. The third-order valence-corrected chi connectivity index (χ3v) is 1.05. The van der Waals surface area contributed by atoms with E-state index in [1.165, 1.54) is 6.92 Å². The number of aldehydes is 1. The van der Waals surface area contributed by atoms with Crippen LogP contribution in [0, 0.1) is 0 Å². The van der Waals surface area contributed by atoms with E-state index < -0.39 is 5.92 Å². The molecule has 0 spiro atoms. The molecule has 0 amide bonds. The quantitative estimate of drug-likeness (QED) is 0.578. The molecule has 1 fully saturated rings. The van der Waals surface area contributed by atoms with Crippen molar-refractivity contribution in [2.75, 3.05) is 13.1 Å². The van der Waals surface area contributed by atoms with Crippen molar-refractivity contribution >= 4 is 6.29 Å². The Morgan fingerprint density at radius 2 is 1.83 bits per heavy atom. The average molecular weight is 181 g/mol. The molecular formula is C8H17F2NO. The van der Waals surface area contributed by atoms with Gasteiger partial charge >= 0.3 is 0 Å². The number of hydrogen-bond donors (Lipinski definition) is 1. The summed E-state index contributed by atoms with van der Waals surface area (Å²) in [5.41, 5.74) is 0. The smallest absolute Gasteiger partial charge is 0.261 e. The SMILES string of the molecule is CC.CC=O.FC1(F)CCNC1. The van der Waals surface area contributed by atoms with Crippen molar-refractivity contribution in [2.45, 2.75) is 33.1 Å².